The van der Waals surface area contributed by atoms with Crippen LogP contribution in [0.1, 0.15) is 24.3 Å². The van der Waals surface area contributed by atoms with Gasteiger partial charge in [0.25, 0.3) is 10.0 Å². The summed E-state index contributed by atoms with van der Waals surface area (Å²) in [6.07, 6.45) is 0.0603. The Kier molecular flexibility index (Phi) is 7.52. The van der Waals surface area contributed by atoms with Crippen LogP contribution in [-0.4, -0.2) is 39.1 Å². The van der Waals surface area contributed by atoms with Gasteiger partial charge in [-0.2, -0.15) is 0 Å². The second-order valence-electron chi connectivity index (χ2n) is 5.76. The second-order valence-corrected chi connectivity index (χ2v) is 8.82. The Morgan fingerprint density at radius 2 is 1.96 bits per heavy atom. The zero-order valence-electron chi connectivity index (χ0n) is 15.5. The van der Waals surface area contributed by atoms with Crippen molar-refractivity contribution in [3.63, 3.8) is 0 Å². The highest BCUT2D eigenvalue weighted by molar-refractivity contribution is 7.92. The first-order valence-electron chi connectivity index (χ1n) is 8.56. The fraction of sp³-hybridized carbons (Fsp3) is 0.389. The fourth-order valence-corrected chi connectivity index (χ4v) is 4.98. The van der Waals surface area contributed by atoms with Crippen LogP contribution in [0.2, 0.25) is 5.02 Å². The summed E-state index contributed by atoms with van der Waals surface area (Å²) in [7, 11) is -3.77. The van der Waals surface area contributed by atoms with Gasteiger partial charge in [-0.25, -0.2) is 13.2 Å². The van der Waals surface area contributed by atoms with Gasteiger partial charge in [0.05, 0.1) is 17.2 Å². The summed E-state index contributed by atoms with van der Waals surface area (Å²) in [4.78, 5) is 14.4. The number of hydrogen-bond acceptors (Lipinski definition) is 5. The second kappa shape index (κ2) is 9.43. The number of carbonyl (C=O) groups excluding carboxylic acids is 1. The SMILES string of the molecule is CCN(CC)C(=O)OCCc1sccc1NS(=O)(=O)c1cccc(Cl)c1C. The van der Waals surface area contributed by atoms with Gasteiger partial charge in [-0.05, 0) is 49.9 Å². The van der Waals surface area contributed by atoms with Crippen LogP contribution in [0.4, 0.5) is 10.5 Å². The van der Waals surface area contributed by atoms with E-state index in [1.807, 2.05) is 13.8 Å². The van der Waals surface area contributed by atoms with Gasteiger partial charge in [0.15, 0.2) is 0 Å². The molecule has 0 aliphatic heterocycles. The van der Waals surface area contributed by atoms with Crippen LogP contribution in [-0.2, 0) is 21.2 Å². The van der Waals surface area contributed by atoms with Crippen LogP contribution in [0, 0.1) is 6.92 Å². The molecule has 2 aromatic rings. The molecule has 0 fully saturated rings. The highest BCUT2D eigenvalue weighted by atomic mass is 35.5. The van der Waals surface area contributed by atoms with Crippen molar-refractivity contribution in [3.8, 4) is 0 Å². The molecule has 6 nitrogen and oxygen atoms in total. The highest BCUT2D eigenvalue weighted by Crippen LogP contribution is 2.28. The molecule has 2 rings (SSSR count). The summed E-state index contributed by atoms with van der Waals surface area (Å²) < 4.78 is 33.3. The third kappa shape index (κ3) is 5.37. The summed E-state index contributed by atoms with van der Waals surface area (Å²) in [5.41, 5.74) is 0.981. The molecule has 0 unspecified atom stereocenters. The summed E-state index contributed by atoms with van der Waals surface area (Å²) in [6.45, 7) is 6.78. The maximum Gasteiger partial charge on any atom is 0.409 e. The van der Waals surface area contributed by atoms with Crippen molar-refractivity contribution in [3.05, 3.63) is 45.1 Å². The number of benzene rings is 1. The number of amides is 1. The quantitative estimate of drug-likeness (QED) is 0.667. The van der Waals surface area contributed by atoms with E-state index in [1.54, 1.807) is 35.4 Å². The van der Waals surface area contributed by atoms with Gasteiger partial charge in [-0.1, -0.05) is 17.7 Å². The van der Waals surface area contributed by atoms with Crippen LogP contribution in [0.15, 0.2) is 34.5 Å². The minimum atomic E-state index is -3.77. The number of thiophene rings is 1. The Bertz CT molecular complexity index is 893. The van der Waals surface area contributed by atoms with Crippen molar-refractivity contribution >= 4 is 44.7 Å². The Hall–Kier alpha value is -1.77. The number of nitrogens with one attached hydrogen (secondary N) is 1. The Morgan fingerprint density at radius 3 is 2.63 bits per heavy atom. The first-order chi connectivity index (χ1) is 12.8. The van der Waals surface area contributed by atoms with E-state index in [0.717, 1.165) is 4.88 Å². The van der Waals surface area contributed by atoms with Crippen molar-refractivity contribution in [1.82, 2.24) is 4.90 Å². The van der Waals surface area contributed by atoms with E-state index in [9.17, 15) is 13.2 Å². The van der Waals surface area contributed by atoms with E-state index < -0.39 is 10.0 Å². The molecule has 0 aliphatic carbocycles. The van der Waals surface area contributed by atoms with Gasteiger partial charge < -0.3 is 9.64 Å². The molecule has 0 aliphatic rings. The third-order valence-corrected chi connectivity index (χ3v) is 6.97. The van der Waals surface area contributed by atoms with Crippen LogP contribution in [0.5, 0.6) is 0 Å². The first kappa shape index (κ1) is 21.5. The number of halogens is 1. The monoisotopic (exact) mass is 430 g/mol. The number of ether oxygens (including phenoxy) is 1. The molecule has 148 valence electrons. The van der Waals surface area contributed by atoms with Gasteiger partial charge in [0.2, 0.25) is 0 Å². The number of sulfonamides is 1. The zero-order valence-corrected chi connectivity index (χ0v) is 17.9. The summed E-state index contributed by atoms with van der Waals surface area (Å²) >= 11 is 7.44. The van der Waals surface area contributed by atoms with Crippen molar-refractivity contribution in [2.75, 3.05) is 24.4 Å². The maximum atomic E-state index is 12.7. The summed E-state index contributed by atoms with van der Waals surface area (Å²) in [5, 5.41) is 2.19. The molecule has 0 spiro atoms. The summed E-state index contributed by atoms with van der Waals surface area (Å²) in [6, 6.07) is 6.46. The Labute approximate surface area is 169 Å². The number of nitrogens with zero attached hydrogens (tertiary/aromatic N) is 1. The summed E-state index contributed by atoms with van der Waals surface area (Å²) in [5.74, 6) is 0. The third-order valence-electron chi connectivity index (χ3n) is 4.07. The minimum absolute atomic E-state index is 0.139. The van der Waals surface area contributed by atoms with Gasteiger partial charge in [0, 0.05) is 29.4 Å². The molecule has 9 heteroatoms. The van der Waals surface area contributed by atoms with Gasteiger partial charge in [-0.15, -0.1) is 11.3 Å². The molecular formula is C18H23ClN2O4S2. The van der Waals surface area contributed by atoms with Crippen LogP contribution in [0.25, 0.3) is 0 Å². The lowest BCUT2D eigenvalue weighted by Crippen LogP contribution is -2.31. The standard InChI is InChI=1S/C18H23ClN2O4S2/c1-4-21(5-2)18(22)25-11-9-16-15(10-12-26-16)20-27(23,24)17-8-6-7-14(19)13(17)3/h6-8,10,12,20H,4-5,9,11H2,1-3H3. The number of hydrogen-bond donors (Lipinski definition) is 1. The van der Waals surface area contributed by atoms with E-state index in [0.29, 0.717) is 35.8 Å². The van der Waals surface area contributed by atoms with Gasteiger partial charge in [0.1, 0.15) is 0 Å². The number of carbonyl (C=O) groups is 1. The fourth-order valence-electron chi connectivity index (χ4n) is 2.51. The Morgan fingerprint density at radius 1 is 1.26 bits per heavy atom. The minimum Gasteiger partial charge on any atom is -0.449 e. The average molecular weight is 431 g/mol. The first-order valence-corrected chi connectivity index (χ1v) is 11.3. The Balaban J connectivity index is 2.06. The molecule has 1 aromatic carbocycles. The van der Waals surface area contributed by atoms with E-state index in [2.05, 4.69) is 4.72 Å². The topological polar surface area (TPSA) is 75.7 Å². The lowest BCUT2D eigenvalue weighted by Gasteiger charge is -2.18. The normalized spacial score (nSPS) is 11.3. The van der Waals surface area contributed by atoms with E-state index in [1.165, 1.54) is 17.4 Å². The largest absolute Gasteiger partial charge is 0.449 e. The molecule has 1 heterocycles. The molecule has 0 atom stereocenters. The number of anilines is 1. The van der Waals surface area contributed by atoms with Crippen molar-refractivity contribution in [2.24, 2.45) is 0 Å². The average Bonchev–Trinajstić information content (AvgIpc) is 3.04. The smallest absolute Gasteiger partial charge is 0.409 e. The zero-order chi connectivity index (χ0) is 20.0. The molecule has 27 heavy (non-hydrogen) atoms. The van der Waals surface area contributed by atoms with E-state index in [-0.39, 0.29) is 17.6 Å². The lowest BCUT2D eigenvalue weighted by atomic mass is 10.2. The maximum absolute atomic E-state index is 12.7. The van der Waals surface area contributed by atoms with E-state index >= 15 is 0 Å². The van der Waals surface area contributed by atoms with Gasteiger partial charge in [-0.3, -0.25) is 4.72 Å². The van der Waals surface area contributed by atoms with Gasteiger partial charge >= 0.3 is 6.09 Å². The predicted molar refractivity (Wildman–Crippen MR) is 109 cm³/mol. The van der Waals surface area contributed by atoms with Crippen molar-refractivity contribution in [1.29, 1.82) is 0 Å². The lowest BCUT2D eigenvalue weighted by molar-refractivity contribution is 0.107. The van der Waals surface area contributed by atoms with Crippen molar-refractivity contribution < 1.29 is 17.9 Å². The highest BCUT2D eigenvalue weighted by Gasteiger charge is 2.20. The molecule has 1 aromatic heterocycles. The molecule has 0 saturated carbocycles. The van der Waals surface area contributed by atoms with Crippen LogP contribution >= 0.6 is 22.9 Å². The molecule has 1 amide bonds. The van der Waals surface area contributed by atoms with Crippen LogP contribution < -0.4 is 4.72 Å². The molecule has 1 N–H and O–H groups in total. The molecule has 0 bridgehead atoms. The molecular weight excluding hydrogens is 408 g/mol. The molecule has 0 saturated heterocycles. The van der Waals surface area contributed by atoms with E-state index in [4.69, 9.17) is 16.3 Å². The van der Waals surface area contributed by atoms with Crippen LogP contribution in [0.3, 0.4) is 0 Å². The van der Waals surface area contributed by atoms with Crippen molar-refractivity contribution in [2.45, 2.75) is 32.1 Å². The number of rotatable bonds is 8. The molecule has 0 radical (unpaired) electrons. The predicted octanol–water partition coefficient (Wildman–Crippen LogP) is 4.53.